The first-order valence-electron chi connectivity index (χ1n) is 12.6. The fraction of sp³-hybridized carbons (Fsp3) is 0.519. The van der Waals surface area contributed by atoms with Crippen molar-refractivity contribution in [2.45, 2.75) is 75.3 Å². The van der Waals surface area contributed by atoms with Crippen LogP contribution < -0.4 is 10.2 Å². The number of aromatic nitrogens is 2. The van der Waals surface area contributed by atoms with Gasteiger partial charge in [-0.2, -0.15) is 0 Å². The summed E-state index contributed by atoms with van der Waals surface area (Å²) in [6, 6.07) is 4.87. The molecule has 9 heteroatoms. The van der Waals surface area contributed by atoms with Gasteiger partial charge in [-0.05, 0) is 64.2 Å². The van der Waals surface area contributed by atoms with Gasteiger partial charge in [-0.1, -0.05) is 0 Å². The first-order valence-corrected chi connectivity index (χ1v) is 12.6. The van der Waals surface area contributed by atoms with Crippen molar-refractivity contribution in [3.8, 4) is 17.0 Å². The number of aromatic hydroxyl groups is 1. The molecule has 2 saturated heterocycles. The Morgan fingerprint density at radius 3 is 2.61 bits per heavy atom. The number of furan rings is 1. The number of phenolic OH excluding ortho intramolecular Hbond substituents is 1. The van der Waals surface area contributed by atoms with Crippen LogP contribution in [0, 0.1) is 0 Å². The zero-order valence-electron chi connectivity index (χ0n) is 21.1. The minimum Gasteiger partial charge on any atom is -0.507 e. The minimum absolute atomic E-state index is 0.0212. The van der Waals surface area contributed by atoms with Gasteiger partial charge >= 0.3 is 0 Å². The van der Waals surface area contributed by atoms with Gasteiger partial charge in [-0.25, -0.2) is 9.37 Å². The minimum atomic E-state index is -1.00. The quantitative estimate of drug-likeness (QED) is 0.548. The molecule has 2 bridgehead atoms. The molecule has 1 aliphatic carbocycles. The zero-order valence-corrected chi connectivity index (χ0v) is 21.1. The number of nitrogens with one attached hydrogen (secondary N) is 1. The van der Waals surface area contributed by atoms with Crippen LogP contribution in [0.15, 0.2) is 35.0 Å². The number of benzene rings is 1. The third-order valence-corrected chi connectivity index (χ3v) is 8.12. The van der Waals surface area contributed by atoms with E-state index in [1.165, 1.54) is 4.90 Å². The number of phenols is 1. The monoisotopic (exact) mass is 493 g/mol. The molecule has 1 aromatic carbocycles. The summed E-state index contributed by atoms with van der Waals surface area (Å²) in [7, 11) is 3.31. The molecule has 4 atom stereocenters. The first kappa shape index (κ1) is 23.2. The van der Waals surface area contributed by atoms with Crippen LogP contribution in [-0.4, -0.2) is 69.3 Å². The number of amides is 1. The van der Waals surface area contributed by atoms with Crippen LogP contribution in [0.1, 0.15) is 56.5 Å². The second-order valence-electron chi connectivity index (χ2n) is 11.4. The molecule has 2 N–H and O–H groups in total. The predicted molar refractivity (Wildman–Crippen MR) is 135 cm³/mol. The number of rotatable bonds is 5. The van der Waals surface area contributed by atoms with Gasteiger partial charge in [0.2, 0.25) is 0 Å². The summed E-state index contributed by atoms with van der Waals surface area (Å²) < 4.78 is 21.6. The fourth-order valence-corrected chi connectivity index (χ4v) is 6.12. The molecule has 0 spiro atoms. The number of hydrogen-bond donors (Lipinski definition) is 2. The molecule has 8 nitrogen and oxygen atoms in total. The largest absolute Gasteiger partial charge is 0.507 e. The molecule has 2 aliphatic heterocycles. The Balaban J connectivity index is 1.31. The molecular formula is C27H32FN5O3. The number of alkyl halides is 1. The van der Waals surface area contributed by atoms with Crippen LogP contribution in [0.4, 0.5) is 10.2 Å². The van der Waals surface area contributed by atoms with E-state index in [1.807, 2.05) is 6.92 Å². The van der Waals surface area contributed by atoms with Crippen molar-refractivity contribution >= 4 is 22.7 Å². The molecule has 3 aliphatic rings. The second-order valence-corrected chi connectivity index (χ2v) is 11.4. The Kier molecular flexibility index (Phi) is 5.09. The van der Waals surface area contributed by atoms with Gasteiger partial charge in [0.1, 0.15) is 23.3 Å². The predicted octanol–water partition coefficient (Wildman–Crippen LogP) is 4.28. The molecule has 1 amide bonds. The number of hydrogen-bond acceptors (Lipinski definition) is 7. The van der Waals surface area contributed by atoms with Crippen LogP contribution in [0.5, 0.6) is 5.75 Å². The summed E-state index contributed by atoms with van der Waals surface area (Å²) >= 11 is 0. The molecule has 6 rings (SSSR count). The molecule has 2 aromatic heterocycles. The van der Waals surface area contributed by atoms with Crippen molar-refractivity contribution in [2.75, 3.05) is 19.0 Å². The molecular weight excluding hydrogens is 461 g/mol. The average molecular weight is 494 g/mol. The molecule has 36 heavy (non-hydrogen) atoms. The van der Waals surface area contributed by atoms with Crippen molar-refractivity contribution in [1.29, 1.82) is 0 Å². The van der Waals surface area contributed by atoms with E-state index in [-0.39, 0.29) is 35.0 Å². The molecule has 3 fully saturated rings. The van der Waals surface area contributed by atoms with Crippen LogP contribution >= 0.6 is 0 Å². The number of fused-ring (bicyclic) bond motifs is 3. The highest BCUT2D eigenvalue weighted by atomic mass is 19.1. The van der Waals surface area contributed by atoms with Gasteiger partial charge in [0.05, 0.1) is 24.1 Å². The standard InChI is InChI=1S/C27H32FN5O3/c1-26-7-8-27(2,31-26)24(28)19(12-26)33(16-5-6-16)23-14-29-18(13-30-23)17-11-21-15(9-20(17)34)10-22(36-21)25(35)32(3)4/h9-11,13-14,16,19,24,31,34H,5-8,12H2,1-4H3/t19-,24-,26-,27+/m1/s1. The molecule has 0 radical (unpaired) electrons. The van der Waals surface area contributed by atoms with E-state index in [2.05, 4.69) is 22.1 Å². The van der Waals surface area contributed by atoms with E-state index in [4.69, 9.17) is 9.40 Å². The van der Waals surface area contributed by atoms with Crippen LogP contribution in [0.25, 0.3) is 22.2 Å². The fourth-order valence-electron chi connectivity index (χ4n) is 6.12. The summed E-state index contributed by atoms with van der Waals surface area (Å²) in [5.41, 5.74) is 0.827. The lowest BCUT2D eigenvalue weighted by Gasteiger charge is -2.48. The normalized spacial score (nSPS) is 29.5. The van der Waals surface area contributed by atoms with Gasteiger partial charge < -0.3 is 24.6 Å². The van der Waals surface area contributed by atoms with Crippen molar-refractivity contribution in [3.63, 3.8) is 0 Å². The number of carbonyl (C=O) groups excluding carboxylic acids is 1. The van der Waals surface area contributed by atoms with E-state index in [1.54, 1.807) is 44.7 Å². The Bertz CT molecular complexity index is 1340. The Labute approximate surface area is 209 Å². The Morgan fingerprint density at radius 1 is 1.17 bits per heavy atom. The van der Waals surface area contributed by atoms with E-state index < -0.39 is 11.7 Å². The van der Waals surface area contributed by atoms with Gasteiger partial charge in [-0.3, -0.25) is 9.78 Å². The maximum absolute atomic E-state index is 15.8. The topological polar surface area (TPSA) is 94.7 Å². The van der Waals surface area contributed by atoms with Gasteiger partial charge in [0.25, 0.3) is 5.91 Å². The first-order chi connectivity index (χ1) is 17.1. The molecule has 4 heterocycles. The van der Waals surface area contributed by atoms with Gasteiger partial charge in [0.15, 0.2) is 5.76 Å². The van der Waals surface area contributed by atoms with Gasteiger partial charge in [0, 0.05) is 42.2 Å². The van der Waals surface area contributed by atoms with Crippen molar-refractivity contribution in [1.82, 2.24) is 20.2 Å². The summed E-state index contributed by atoms with van der Waals surface area (Å²) in [6.07, 6.45) is 6.89. The molecule has 1 saturated carbocycles. The van der Waals surface area contributed by atoms with Crippen molar-refractivity contribution in [2.24, 2.45) is 0 Å². The number of carbonyl (C=O) groups is 1. The lowest BCUT2D eigenvalue weighted by molar-refractivity contribution is 0.0799. The zero-order chi connectivity index (χ0) is 25.4. The number of nitrogens with zero attached hydrogens (tertiary/aromatic N) is 4. The highest BCUT2D eigenvalue weighted by molar-refractivity contribution is 5.97. The van der Waals surface area contributed by atoms with Gasteiger partial charge in [-0.15, -0.1) is 0 Å². The Hall–Kier alpha value is -3.20. The van der Waals surface area contributed by atoms with E-state index >= 15 is 4.39 Å². The van der Waals surface area contributed by atoms with Crippen LogP contribution in [-0.2, 0) is 0 Å². The Morgan fingerprint density at radius 2 is 1.94 bits per heavy atom. The van der Waals surface area contributed by atoms with Crippen molar-refractivity contribution in [3.05, 3.63) is 36.4 Å². The smallest absolute Gasteiger partial charge is 0.289 e. The third kappa shape index (κ3) is 3.72. The maximum atomic E-state index is 15.8. The lowest BCUT2D eigenvalue weighted by Crippen LogP contribution is -2.66. The highest BCUT2D eigenvalue weighted by Gasteiger charge is 2.58. The number of halogens is 1. The van der Waals surface area contributed by atoms with E-state index in [0.29, 0.717) is 28.0 Å². The molecule has 190 valence electrons. The highest BCUT2D eigenvalue weighted by Crippen LogP contribution is 2.48. The van der Waals surface area contributed by atoms with Crippen molar-refractivity contribution < 1.29 is 18.7 Å². The van der Waals surface area contributed by atoms with E-state index in [0.717, 1.165) is 32.1 Å². The SMILES string of the molecule is CN(C)C(=O)c1cc2cc(O)c(-c3cnc(N(C4CC4)[C@@H]4C[C@@]5(C)CC[C@](C)(N5)[C@@H]4F)cn3)cc2o1. The molecule has 0 unspecified atom stereocenters. The number of anilines is 1. The van der Waals surface area contributed by atoms with E-state index in [9.17, 15) is 9.90 Å². The van der Waals surface area contributed by atoms with Crippen LogP contribution in [0.2, 0.25) is 0 Å². The summed E-state index contributed by atoms with van der Waals surface area (Å²) in [5, 5.41) is 14.9. The maximum Gasteiger partial charge on any atom is 0.289 e. The summed E-state index contributed by atoms with van der Waals surface area (Å²) in [6.45, 7) is 4.20. The summed E-state index contributed by atoms with van der Waals surface area (Å²) in [4.78, 5) is 25.2. The third-order valence-electron chi connectivity index (χ3n) is 8.12. The molecule has 3 aromatic rings. The number of piperidine rings is 1. The summed E-state index contributed by atoms with van der Waals surface area (Å²) in [5.74, 6) is 0.636. The van der Waals surface area contributed by atoms with Crippen LogP contribution in [0.3, 0.4) is 0 Å². The lowest BCUT2D eigenvalue weighted by atomic mass is 9.82. The average Bonchev–Trinajstić information content (AvgIpc) is 3.52. The second kappa shape index (κ2) is 7.90.